The summed E-state index contributed by atoms with van der Waals surface area (Å²) in [5.41, 5.74) is 1.17. The van der Waals surface area contributed by atoms with E-state index in [0.717, 1.165) is 12.8 Å². The van der Waals surface area contributed by atoms with Crippen LogP contribution >= 0.6 is 0 Å². The minimum absolute atomic E-state index is 0.0168. The van der Waals surface area contributed by atoms with Crippen LogP contribution in [0.3, 0.4) is 0 Å². The molecule has 0 radical (unpaired) electrons. The first-order chi connectivity index (χ1) is 8.08. The van der Waals surface area contributed by atoms with Crippen LogP contribution in [-0.4, -0.2) is 25.3 Å². The number of carbonyl (C=O) groups is 1. The van der Waals surface area contributed by atoms with E-state index in [0.29, 0.717) is 12.3 Å². The number of ether oxygens (including phenoxy) is 2. The fourth-order valence-corrected chi connectivity index (χ4v) is 2.27. The first kappa shape index (κ1) is 14.0. The van der Waals surface area contributed by atoms with E-state index in [2.05, 4.69) is 18.2 Å². The molecular weight excluding hydrogens is 216 g/mol. The van der Waals surface area contributed by atoms with Gasteiger partial charge in [0.1, 0.15) is 0 Å². The predicted octanol–water partition coefficient (Wildman–Crippen LogP) is 2.87. The number of hydrogen-bond donors (Lipinski definition) is 0. The summed E-state index contributed by atoms with van der Waals surface area (Å²) in [7, 11) is 1.41. The van der Waals surface area contributed by atoms with Crippen LogP contribution in [0, 0.1) is 5.92 Å². The van der Waals surface area contributed by atoms with Gasteiger partial charge in [-0.1, -0.05) is 25.7 Å². The van der Waals surface area contributed by atoms with Gasteiger partial charge in [0.25, 0.3) is 0 Å². The predicted molar refractivity (Wildman–Crippen MR) is 67.6 cm³/mol. The van der Waals surface area contributed by atoms with E-state index < -0.39 is 0 Å². The minimum Gasteiger partial charge on any atom is -0.469 e. The topological polar surface area (TPSA) is 35.5 Å². The molecule has 3 nitrogen and oxygen atoms in total. The average Bonchev–Trinajstić information content (AvgIpc) is 2.31. The molecule has 1 rings (SSSR count). The van der Waals surface area contributed by atoms with Crippen molar-refractivity contribution in [2.24, 2.45) is 5.92 Å². The Labute approximate surface area is 103 Å². The van der Waals surface area contributed by atoms with Gasteiger partial charge in [0.05, 0.1) is 25.7 Å². The van der Waals surface area contributed by atoms with Gasteiger partial charge in [-0.15, -0.1) is 0 Å². The molecule has 1 fully saturated rings. The van der Waals surface area contributed by atoms with Gasteiger partial charge < -0.3 is 9.47 Å². The van der Waals surface area contributed by atoms with Crippen molar-refractivity contribution in [2.45, 2.75) is 45.3 Å². The van der Waals surface area contributed by atoms with Crippen molar-refractivity contribution in [1.82, 2.24) is 0 Å². The molecule has 0 spiro atoms. The summed E-state index contributed by atoms with van der Waals surface area (Å²) in [6.45, 7) is 7.92. The van der Waals surface area contributed by atoms with Crippen LogP contribution in [0.25, 0.3) is 0 Å². The third kappa shape index (κ3) is 4.00. The zero-order valence-electron chi connectivity index (χ0n) is 10.9. The molecule has 0 aromatic rings. The van der Waals surface area contributed by atoms with Crippen LogP contribution in [0.5, 0.6) is 0 Å². The molecule has 3 atom stereocenters. The van der Waals surface area contributed by atoms with Crippen molar-refractivity contribution in [3.05, 3.63) is 24.3 Å². The number of hydrogen-bond acceptors (Lipinski definition) is 3. The molecule has 0 saturated carbocycles. The molecule has 3 heteroatoms. The summed E-state index contributed by atoms with van der Waals surface area (Å²) in [5, 5.41) is 0. The lowest BCUT2D eigenvalue weighted by Crippen LogP contribution is -2.35. The number of esters is 1. The molecule has 96 valence electrons. The van der Waals surface area contributed by atoms with Crippen LogP contribution in [0.1, 0.15) is 33.1 Å². The van der Waals surface area contributed by atoms with E-state index >= 15 is 0 Å². The Balaban J connectivity index is 2.62. The summed E-state index contributed by atoms with van der Waals surface area (Å²) >= 11 is 0. The largest absolute Gasteiger partial charge is 0.469 e. The van der Waals surface area contributed by atoms with Crippen molar-refractivity contribution >= 4 is 5.97 Å². The molecule has 0 bridgehead atoms. The Morgan fingerprint density at radius 3 is 2.82 bits per heavy atom. The minimum atomic E-state index is -0.200. The Morgan fingerprint density at radius 1 is 1.53 bits per heavy atom. The van der Waals surface area contributed by atoms with Gasteiger partial charge in [-0.25, -0.2) is 0 Å². The number of allylic oxidation sites excluding steroid dienone is 2. The molecule has 0 unspecified atom stereocenters. The quantitative estimate of drug-likeness (QED) is 0.558. The highest BCUT2D eigenvalue weighted by Gasteiger charge is 2.30. The summed E-state index contributed by atoms with van der Waals surface area (Å²) in [6, 6.07) is 0. The first-order valence-electron chi connectivity index (χ1n) is 6.10. The number of carbonyl (C=O) groups excluding carboxylic acids is 1. The zero-order chi connectivity index (χ0) is 12.8. The van der Waals surface area contributed by atoms with Gasteiger partial charge in [0, 0.05) is 0 Å². The summed E-state index contributed by atoms with van der Waals surface area (Å²) in [5.74, 6) is 0.286. The highest BCUT2D eigenvalue weighted by atomic mass is 16.5. The molecule has 0 aromatic heterocycles. The van der Waals surface area contributed by atoms with Crippen molar-refractivity contribution in [2.75, 3.05) is 7.11 Å². The maximum absolute atomic E-state index is 11.2. The summed E-state index contributed by atoms with van der Waals surface area (Å²) in [4.78, 5) is 11.2. The van der Waals surface area contributed by atoms with Crippen molar-refractivity contribution in [3.63, 3.8) is 0 Å². The highest BCUT2D eigenvalue weighted by Crippen LogP contribution is 2.30. The first-order valence-corrected chi connectivity index (χ1v) is 6.10. The average molecular weight is 238 g/mol. The van der Waals surface area contributed by atoms with Gasteiger partial charge in [0.15, 0.2) is 0 Å². The van der Waals surface area contributed by atoms with Gasteiger partial charge in [-0.2, -0.15) is 0 Å². The molecule has 0 aromatic carbocycles. The third-order valence-electron chi connectivity index (χ3n) is 3.25. The lowest BCUT2D eigenvalue weighted by atomic mass is 9.88. The zero-order valence-corrected chi connectivity index (χ0v) is 10.9. The summed E-state index contributed by atoms with van der Waals surface area (Å²) < 4.78 is 10.6. The molecule has 0 aliphatic carbocycles. The standard InChI is InChI=1S/C14H22O3/c1-5-6-10(2)14-11(3)7-8-12(17-14)9-13(15)16-4/h5-6,11-12,14H,1,7-9H2,2-4H3/b10-6+/t11-,12+,14+/m0/s1. The monoisotopic (exact) mass is 238 g/mol. The van der Waals surface area contributed by atoms with Gasteiger partial charge in [-0.3, -0.25) is 4.79 Å². The van der Waals surface area contributed by atoms with E-state index in [-0.39, 0.29) is 18.2 Å². The second-order valence-electron chi connectivity index (χ2n) is 4.66. The second-order valence-corrected chi connectivity index (χ2v) is 4.66. The van der Waals surface area contributed by atoms with Crippen LogP contribution in [-0.2, 0) is 14.3 Å². The number of rotatable bonds is 4. The highest BCUT2D eigenvalue weighted by molar-refractivity contribution is 5.69. The molecule has 1 saturated heterocycles. The molecule has 1 heterocycles. The van der Waals surface area contributed by atoms with Crippen LogP contribution in [0.15, 0.2) is 24.3 Å². The van der Waals surface area contributed by atoms with E-state index in [9.17, 15) is 4.79 Å². The molecule has 1 aliphatic heterocycles. The van der Waals surface area contributed by atoms with Gasteiger partial charge >= 0.3 is 5.97 Å². The Kier molecular flexibility index (Phi) is 5.42. The summed E-state index contributed by atoms with van der Waals surface area (Å²) in [6.07, 6.45) is 6.18. The SMILES string of the molecule is C=C/C=C(\C)[C@H]1O[C@@H](CC(=O)OC)CC[C@@H]1C. The molecular formula is C14H22O3. The van der Waals surface area contributed by atoms with E-state index in [1.54, 1.807) is 6.08 Å². The fourth-order valence-electron chi connectivity index (χ4n) is 2.27. The molecule has 0 N–H and O–H groups in total. The van der Waals surface area contributed by atoms with Crippen molar-refractivity contribution < 1.29 is 14.3 Å². The smallest absolute Gasteiger partial charge is 0.308 e. The Bertz CT molecular complexity index is 307. The lowest BCUT2D eigenvalue weighted by Gasteiger charge is -2.35. The molecule has 17 heavy (non-hydrogen) atoms. The van der Waals surface area contributed by atoms with E-state index in [4.69, 9.17) is 4.74 Å². The lowest BCUT2D eigenvalue weighted by molar-refractivity contribution is -0.147. The second kappa shape index (κ2) is 6.60. The number of methoxy groups -OCH3 is 1. The molecule has 1 aliphatic rings. The maximum Gasteiger partial charge on any atom is 0.308 e. The van der Waals surface area contributed by atoms with Crippen molar-refractivity contribution in [1.29, 1.82) is 0 Å². The maximum atomic E-state index is 11.2. The van der Waals surface area contributed by atoms with E-state index in [1.807, 2.05) is 13.0 Å². The van der Waals surface area contributed by atoms with Gasteiger partial charge in [-0.05, 0) is 31.3 Å². The van der Waals surface area contributed by atoms with Gasteiger partial charge in [0.2, 0.25) is 0 Å². The third-order valence-corrected chi connectivity index (χ3v) is 3.25. The molecule has 0 amide bonds. The normalized spacial score (nSPS) is 29.8. The Hall–Kier alpha value is -1.09. The van der Waals surface area contributed by atoms with E-state index in [1.165, 1.54) is 12.7 Å². The van der Waals surface area contributed by atoms with Crippen molar-refractivity contribution in [3.8, 4) is 0 Å². The fraction of sp³-hybridized carbons (Fsp3) is 0.643. The van der Waals surface area contributed by atoms with Crippen LogP contribution in [0.4, 0.5) is 0 Å². The van der Waals surface area contributed by atoms with Crippen LogP contribution < -0.4 is 0 Å². The Morgan fingerprint density at radius 2 is 2.24 bits per heavy atom. The van der Waals surface area contributed by atoms with Crippen LogP contribution in [0.2, 0.25) is 0 Å².